The van der Waals surface area contributed by atoms with Gasteiger partial charge in [-0.1, -0.05) is 6.58 Å². The Morgan fingerprint density at radius 1 is 1.08 bits per heavy atom. The SMILES string of the molecule is C=C(CC(=O)N(C)C)C(=O)N(C)C. The molecule has 0 N–H and O–H groups in total. The Kier molecular flexibility index (Phi) is 4.17. The largest absolute Gasteiger partial charge is 0.349 e. The summed E-state index contributed by atoms with van der Waals surface area (Å²) < 4.78 is 0. The Morgan fingerprint density at radius 2 is 1.54 bits per heavy atom. The van der Waals surface area contributed by atoms with Gasteiger partial charge >= 0.3 is 0 Å². The summed E-state index contributed by atoms with van der Waals surface area (Å²) in [6.07, 6.45) is 0.0873. The molecule has 0 aromatic heterocycles. The number of hydrogen-bond acceptors (Lipinski definition) is 2. The second-order valence-corrected chi connectivity index (χ2v) is 3.27. The Bertz CT molecular complexity index is 232. The quantitative estimate of drug-likeness (QED) is 0.584. The summed E-state index contributed by atoms with van der Waals surface area (Å²) in [5.41, 5.74) is 0.323. The number of likely N-dealkylation sites (N-methyl/N-ethyl adjacent to an activating group) is 1. The summed E-state index contributed by atoms with van der Waals surface area (Å²) in [5, 5.41) is 0. The molecule has 13 heavy (non-hydrogen) atoms. The monoisotopic (exact) mass is 184 g/mol. The Labute approximate surface area is 78.8 Å². The highest BCUT2D eigenvalue weighted by Crippen LogP contribution is 2.03. The zero-order valence-corrected chi connectivity index (χ0v) is 8.63. The average Bonchev–Trinajstić information content (AvgIpc) is 2.02. The maximum absolute atomic E-state index is 11.3. The van der Waals surface area contributed by atoms with Crippen LogP contribution in [0.5, 0.6) is 0 Å². The van der Waals surface area contributed by atoms with Gasteiger partial charge in [-0.05, 0) is 0 Å². The number of carbonyl (C=O) groups is 2. The van der Waals surface area contributed by atoms with Crippen molar-refractivity contribution in [1.29, 1.82) is 0 Å². The fraction of sp³-hybridized carbons (Fsp3) is 0.556. The van der Waals surface area contributed by atoms with E-state index in [0.29, 0.717) is 5.57 Å². The van der Waals surface area contributed by atoms with Gasteiger partial charge in [0.05, 0.1) is 6.42 Å². The molecule has 0 aromatic carbocycles. The van der Waals surface area contributed by atoms with Crippen LogP contribution >= 0.6 is 0 Å². The first kappa shape index (κ1) is 11.7. The van der Waals surface area contributed by atoms with E-state index in [2.05, 4.69) is 6.58 Å². The first-order chi connectivity index (χ1) is 5.86. The fourth-order valence-corrected chi connectivity index (χ4v) is 0.733. The van der Waals surface area contributed by atoms with Gasteiger partial charge in [0.2, 0.25) is 11.8 Å². The Hall–Kier alpha value is -1.32. The third kappa shape index (κ3) is 3.73. The zero-order valence-electron chi connectivity index (χ0n) is 8.63. The van der Waals surface area contributed by atoms with E-state index >= 15 is 0 Å². The lowest BCUT2D eigenvalue weighted by atomic mass is 10.2. The smallest absolute Gasteiger partial charge is 0.249 e. The molecule has 0 spiro atoms. The molecule has 0 saturated carbocycles. The van der Waals surface area contributed by atoms with Gasteiger partial charge in [-0.3, -0.25) is 9.59 Å². The van der Waals surface area contributed by atoms with Gasteiger partial charge in [-0.2, -0.15) is 0 Å². The molecule has 0 atom stereocenters. The molecule has 0 aliphatic rings. The minimum atomic E-state index is -0.199. The number of carbonyl (C=O) groups excluding carboxylic acids is 2. The molecule has 0 bridgehead atoms. The minimum Gasteiger partial charge on any atom is -0.349 e. The van der Waals surface area contributed by atoms with Crippen molar-refractivity contribution < 1.29 is 9.59 Å². The molecule has 0 fully saturated rings. The summed E-state index contributed by atoms with van der Waals surface area (Å²) in [7, 11) is 6.56. The van der Waals surface area contributed by atoms with E-state index in [0.717, 1.165) is 0 Å². The van der Waals surface area contributed by atoms with Gasteiger partial charge in [0, 0.05) is 33.8 Å². The van der Waals surface area contributed by atoms with Crippen LogP contribution in [0.1, 0.15) is 6.42 Å². The molecule has 0 aliphatic heterocycles. The van der Waals surface area contributed by atoms with E-state index in [9.17, 15) is 9.59 Å². The predicted octanol–water partition coefficient (Wildman–Crippen LogP) is 0.109. The van der Waals surface area contributed by atoms with E-state index in [1.54, 1.807) is 28.2 Å². The Balaban J connectivity index is 4.17. The topological polar surface area (TPSA) is 40.6 Å². The first-order valence-electron chi connectivity index (χ1n) is 3.95. The summed E-state index contributed by atoms with van der Waals surface area (Å²) in [6, 6.07) is 0. The third-order valence-electron chi connectivity index (χ3n) is 1.57. The van der Waals surface area contributed by atoms with Crippen LogP contribution in [0.4, 0.5) is 0 Å². The normalized spacial score (nSPS) is 9.23. The van der Waals surface area contributed by atoms with Crippen molar-refractivity contribution in [1.82, 2.24) is 9.80 Å². The van der Waals surface area contributed by atoms with Crippen LogP contribution in [-0.2, 0) is 9.59 Å². The molecule has 0 aliphatic carbocycles. The Morgan fingerprint density at radius 3 is 1.85 bits per heavy atom. The molecule has 0 unspecified atom stereocenters. The van der Waals surface area contributed by atoms with Crippen LogP contribution in [-0.4, -0.2) is 49.8 Å². The molecule has 4 heteroatoms. The van der Waals surface area contributed by atoms with E-state index in [1.807, 2.05) is 0 Å². The maximum Gasteiger partial charge on any atom is 0.249 e. The van der Waals surface area contributed by atoms with Crippen molar-refractivity contribution in [2.75, 3.05) is 28.2 Å². The number of hydrogen-bond donors (Lipinski definition) is 0. The number of nitrogens with zero attached hydrogens (tertiary/aromatic N) is 2. The first-order valence-corrected chi connectivity index (χ1v) is 3.95. The summed E-state index contributed by atoms with van der Waals surface area (Å²) >= 11 is 0. The van der Waals surface area contributed by atoms with Crippen LogP contribution in [0.3, 0.4) is 0 Å². The van der Waals surface area contributed by atoms with Crippen molar-refractivity contribution in [2.45, 2.75) is 6.42 Å². The van der Waals surface area contributed by atoms with E-state index < -0.39 is 0 Å². The van der Waals surface area contributed by atoms with Crippen LogP contribution < -0.4 is 0 Å². The van der Waals surface area contributed by atoms with E-state index in [1.165, 1.54) is 9.80 Å². The fourth-order valence-electron chi connectivity index (χ4n) is 0.733. The van der Waals surface area contributed by atoms with Gasteiger partial charge in [0.15, 0.2) is 0 Å². The predicted molar refractivity (Wildman–Crippen MR) is 51.1 cm³/mol. The van der Waals surface area contributed by atoms with Crippen molar-refractivity contribution in [3.05, 3.63) is 12.2 Å². The van der Waals surface area contributed by atoms with Crippen LogP contribution in [0.25, 0.3) is 0 Å². The molecule has 0 heterocycles. The van der Waals surface area contributed by atoms with Crippen molar-refractivity contribution in [3.63, 3.8) is 0 Å². The lowest BCUT2D eigenvalue weighted by Crippen LogP contribution is -2.28. The molecule has 0 aromatic rings. The number of rotatable bonds is 3. The van der Waals surface area contributed by atoms with Gasteiger partial charge in [-0.15, -0.1) is 0 Å². The highest BCUT2D eigenvalue weighted by Gasteiger charge is 2.13. The highest BCUT2D eigenvalue weighted by molar-refractivity contribution is 5.97. The molecule has 0 radical (unpaired) electrons. The van der Waals surface area contributed by atoms with Crippen molar-refractivity contribution in [2.24, 2.45) is 0 Å². The molecular formula is C9H16N2O2. The zero-order chi connectivity index (χ0) is 10.6. The molecular weight excluding hydrogens is 168 g/mol. The molecule has 0 rings (SSSR count). The van der Waals surface area contributed by atoms with Crippen molar-refractivity contribution >= 4 is 11.8 Å². The summed E-state index contributed by atoms with van der Waals surface area (Å²) in [6.45, 7) is 3.56. The lowest BCUT2D eigenvalue weighted by Gasteiger charge is -2.14. The lowest BCUT2D eigenvalue weighted by molar-refractivity contribution is -0.130. The van der Waals surface area contributed by atoms with Gasteiger partial charge < -0.3 is 9.80 Å². The van der Waals surface area contributed by atoms with E-state index in [-0.39, 0.29) is 18.2 Å². The van der Waals surface area contributed by atoms with Crippen molar-refractivity contribution in [3.8, 4) is 0 Å². The molecule has 74 valence electrons. The second kappa shape index (κ2) is 4.64. The second-order valence-electron chi connectivity index (χ2n) is 3.27. The summed E-state index contributed by atoms with van der Waals surface area (Å²) in [4.78, 5) is 25.3. The molecule has 4 nitrogen and oxygen atoms in total. The average molecular weight is 184 g/mol. The van der Waals surface area contributed by atoms with E-state index in [4.69, 9.17) is 0 Å². The van der Waals surface area contributed by atoms with Crippen LogP contribution in [0.15, 0.2) is 12.2 Å². The summed E-state index contributed by atoms with van der Waals surface area (Å²) in [5.74, 6) is -0.310. The third-order valence-corrected chi connectivity index (χ3v) is 1.57. The molecule has 2 amide bonds. The number of amides is 2. The van der Waals surface area contributed by atoms with Gasteiger partial charge in [0.25, 0.3) is 0 Å². The van der Waals surface area contributed by atoms with Crippen LogP contribution in [0.2, 0.25) is 0 Å². The van der Waals surface area contributed by atoms with Gasteiger partial charge in [0.1, 0.15) is 0 Å². The maximum atomic E-state index is 11.3. The molecule has 0 saturated heterocycles. The van der Waals surface area contributed by atoms with Crippen LogP contribution in [0, 0.1) is 0 Å². The van der Waals surface area contributed by atoms with Gasteiger partial charge in [-0.25, -0.2) is 0 Å². The highest BCUT2D eigenvalue weighted by atomic mass is 16.2. The standard InChI is InChI=1S/C9H16N2O2/c1-7(9(13)11(4)5)6-8(12)10(2)3/h1,6H2,2-5H3. The minimum absolute atomic E-state index is 0.0873.